The number of halogens is 4. The van der Waals surface area contributed by atoms with Crippen molar-refractivity contribution in [3.05, 3.63) is 70.6 Å². The molecule has 6 rings (SSSR count). The van der Waals surface area contributed by atoms with Crippen molar-refractivity contribution in [2.24, 2.45) is 23.7 Å². The Balaban J connectivity index is 1.26. The molecular weight excluding hydrogens is 610 g/mol. The first-order chi connectivity index (χ1) is 22.0. The topological polar surface area (TPSA) is 117 Å². The minimum Gasteiger partial charge on any atom is -0.496 e. The molecule has 0 aromatic heterocycles. The van der Waals surface area contributed by atoms with Crippen molar-refractivity contribution in [3.63, 3.8) is 0 Å². The Morgan fingerprint density at radius 1 is 1.09 bits per heavy atom. The van der Waals surface area contributed by atoms with Crippen molar-refractivity contribution in [1.29, 1.82) is 0 Å². The summed E-state index contributed by atoms with van der Waals surface area (Å²) < 4.78 is 64.9. The molecule has 4 fully saturated rings. The van der Waals surface area contributed by atoms with Gasteiger partial charge in [-0.05, 0) is 73.9 Å². The highest BCUT2D eigenvalue weighted by Gasteiger charge is 2.55. The Kier molecular flexibility index (Phi) is 8.81. The van der Waals surface area contributed by atoms with Crippen molar-refractivity contribution >= 4 is 23.4 Å². The number of nitrogens with one attached hydrogen (secondary N) is 2. The van der Waals surface area contributed by atoms with Gasteiger partial charge in [-0.2, -0.15) is 13.2 Å². The summed E-state index contributed by atoms with van der Waals surface area (Å²) in [5, 5.41) is 15.0. The van der Waals surface area contributed by atoms with E-state index in [4.69, 9.17) is 9.47 Å². The van der Waals surface area contributed by atoms with Crippen LogP contribution in [-0.4, -0.2) is 73.3 Å². The molecule has 2 bridgehead atoms. The smallest absolute Gasteiger partial charge is 0.419 e. The van der Waals surface area contributed by atoms with Gasteiger partial charge in [-0.25, -0.2) is 4.39 Å². The van der Waals surface area contributed by atoms with Gasteiger partial charge in [0.05, 0.1) is 43.5 Å². The van der Waals surface area contributed by atoms with E-state index in [9.17, 15) is 37.1 Å². The van der Waals surface area contributed by atoms with E-state index < -0.39 is 47.4 Å². The maximum Gasteiger partial charge on any atom is 0.419 e. The Labute approximate surface area is 262 Å². The Bertz CT molecular complexity index is 1560. The first-order valence-electron chi connectivity index (χ1n) is 15.4. The van der Waals surface area contributed by atoms with Gasteiger partial charge in [-0.1, -0.05) is 11.6 Å². The standard InChI is InChI=1S/C33H35F4N3O6/c1-45-27-9-4-18(32(44)40-10-11-46-20(15-40)16-41)13-24(27)30(42)39-29-22-7-6-21(23(22)12-17-2-3-17)28(29)31(43)38-19-5-8-26(34)25(14-19)33(35,36)37/h4-5,8-9,12-14,17,20-22,28-29,41H,2-3,6-7,10-11,15-16H2,1H3,(H,38,43)(H,39,42)/b23-12-/t20-,21+,22-,28+,29-/m1/s1. The van der Waals surface area contributed by atoms with E-state index in [2.05, 4.69) is 16.7 Å². The quantitative estimate of drug-likeness (QED) is 0.289. The van der Waals surface area contributed by atoms with Gasteiger partial charge in [0.1, 0.15) is 11.6 Å². The van der Waals surface area contributed by atoms with Crippen LogP contribution < -0.4 is 15.4 Å². The molecule has 0 unspecified atom stereocenters. The van der Waals surface area contributed by atoms with Crippen molar-refractivity contribution in [2.75, 3.05) is 38.7 Å². The largest absolute Gasteiger partial charge is 0.496 e. The molecule has 9 nitrogen and oxygen atoms in total. The number of carbonyl (C=O) groups excluding carboxylic acids is 3. The van der Waals surface area contributed by atoms with Crippen molar-refractivity contribution in [1.82, 2.24) is 10.2 Å². The highest BCUT2D eigenvalue weighted by molar-refractivity contribution is 6.02. The number of rotatable bonds is 8. The van der Waals surface area contributed by atoms with Crippen LogP contribution in [0.2, 0.25) is 0 Å². The third-order valence-corrected chi connectivity index (χ3v) is 9.41. The minimum atomic E-state index is -4.94. The van der Waals surface area contributed by atoms with Gasteiger partial charge in [0.15, 0.2) is 0 Å². The number of carbonyl (C=O) groups is 3. The number of morpholine rings is 1. The average molecular weight is 646 g/mol. The number of aliphatic hydroxyl groups excluding tert-OH is 1. The fourth-order valence-corrected chi connectivity index (χ4v) is 7.05. The van der Waals surface area contributed by atoms with E-state index >= 15 is 0 Å². The monoisotopic (exact) mass is 645 g/mol. The van der Waals surface area contributed by atoms with E-state index in [0.29, 0.717) is 31.0 Å². The van der Waals surface area contributed by atoms with Crippen LogP contribution in [-0.2, 0) is 15.7 Å². The van der Waals surface area contributed by atoms with Gasteiger partial charge in [0.25, 0.3) is 11.8 Å². The summed E-state index contributed by atoms with van der Waals surface area (Å²) >= 11 is 0. The number of nitrogens with zero attached hydrogens (tertiary/aromatic N) is 1. The number of aliphatic hydroxyl groups is 1. The molecule has 3 saturated carbocycles. The summed E-state index contributed by atoms with van der Waals surface area (Å²) in [4.78, 5) is 42.5. The highest BCUT2D eigenvalue weighted by atomic mass is 19.4. The van der Waals surface area contributed by atoms with Crippen LogP contribution in [0.15, 0.2) is 48.0 Å². The first-order valence-corrected chi connectivity index (χ1v) is 15.4. The van der Waals surface area contributed by atoms with Crippen molar-refractivity contribution < 1.29 is 46.5 Å². The number of amides is 3. The number of alkyl halides is 3. The van der Waals surface area contributed by atoms with E-state index in [1.807, 2.05) is 0 Å². The molecule has 246 valence electrons. The first kappa shape index (κ1) is 32.0. The predicted molar refractivity (Wildman–Crippen MR) is 158 cm³/mol. The number of fused-ring (bicyclic) bond motifs is 2. The molecule has 2 aromatic carbocycles. The van der Waals surface area contributed by atoms with E-state index in [1.165, 1.54) is 19.2 Å². The molecule has 1 heterocycles. The normalized spacial score (nSPS) is 26.7. The zero-order valence-corrected chi connectivity index (χ0v) is 25.1. The lowest BCUT2D eigenvalue weighted by Crippen LogP contribution is -2.48. The average Bonchev–Trinajstić information content (AvgIpc) is 3.72. The van der Waals surface area contributed by atoms with E-state index in [-0.39, 0.29) is 60.1 Å². The lowest BCUT2D eigenvalue weighted by Gasteiger charge is -2.32. The molecule has 3 N–H and O–H groups in total. The number of ether oxygens (including phenoxy) is 2. The fraction of sp³-hybridized carbons (Fsp3) is 0.485. The maximum absolute atomic E-state index is 13.9. The van der Waals surface area contributed by atoms with Gasteiger partial charge < -0.3 is 30.1 Å². The van der Waals surface area contributed by atoms with Gasteiger partial charge in [-0.15, -0.1) is 0 Å². The molecule has 1 aliphatic heterocycles. The lowest BCUT2D eigenvalue weighted by molar-refractivity contribution is -0.140. The van der Waals surface area contributed by atoms with Crippen LogP contribution in [0.5, 0.6) is 5.75 Å². The summed E-state index contributed by atoms with van der Waals surface area (Å²) in [6.45, 7) is 0.541. The summed E-state index contributed by atoms with van der Waals surface area (Å²) in [6, 6.07) is 6.13. The van der Waals surface area contributed by atoms with Crippen LogP contribution in [0.3, 0.4) is 0 Å². The fourth-order valence-electron chi connectivity index (χ4n) is 7.05. The number of benzene rings is 2. The van der Waals surface area contributed by atoms with Crippen molar-refractivity contribution in [2.45, 2.75) is 44.0 Å². The van der Waals surface area contributed by atoms with Crippen LogP contribution in [0, 0.1) is 29.5 Å². The van der Waals surface area contributed by atoms with E-state index in [1.54, 1.807) is 11.0 Å². The second kappa shape index (κ2) is 12.7. The van der Waals surface area contributed by atoms with Crippen LogP contribution in [0.1, 0.15) is 52.0 Å². The van der Waals surface area contributed by atoms with Crippen LogP contribution in [0.4, 0.5) is 23.2 Å². The number of allylic oxidation sites excluding steroid dienone is 1. The molecule has 46 heavy (non-hydrogen) atoms. The molecule has 2 aromatic rings. The molecule has 3 amide bonds. The number of anilines is 1. The number of methoxy groups -OCH3 is 1. The Hall–Kier alpha value is -3.97. The zero-order chi connectivity index (χ0) is 32.7. The van der Waals surface area contributed by atoms with Gasteiger partial charge in [0, 0.05) is 36.3 Å². The summed E-state index contributed by atoms with van der Waals surface area (Å²) in [5.74, 6) is -3.46. The molecule has 1 saturated heterocycles. The molecule has 0 spiro atoms. The third-order valence-electron chi connectivity index (χ3n) is 9.41. The molecule has 13 heteroatoms. The van der Waals surface area contributed by atoms with Crippen molar-refractivity contribution in [3.8, 4) is 5.75 Å². The predicted octanol–water partition coefficient (Wildman–Crippen LogP) is 4.42. The van der Waals surface area contributed by atoms with E-state index in [0.717, 1.165) is 30.9 Å². The summed E-state index contributed by atoms with van der Waals surface area (Å²) in [6.07, 6.45) is 0.214. The van der Waals surface area contributed by atoms with Gasteiger partial charge >= 0.3 is 6.18 Å². The second-order valence-electron chi connectivity index (χ2n) is 12.3. The minimum absolute atomic E-state index is 0.0864. The second-order valence-corrected chi connectivity index (χ2v) is 12.3. The molecular formula is C33H35F4N3O6. The number of hydrogen-bond donors (Lipinski definition) is 3. The Morgan fingerprint density at radius 2 is 1.85 bits per heavy atom. The summed E-state index contributed by atoms with van der Waals surface area (Å²) in [5.41, 5.74) is -0.285. The van der Waals surface area contributed by atoms with Crippen LogP contribution >= 0.6 is 0 Å². The number of hydrogen-bond acceptors (Lipinski definition) is 6. The Morgan fingerprint density at radius 3 is 2.54 bits per heavy atom. The molecule has 3 aliphatic carbocycles. The molecule has 0 radical (unpaired) electrons. The maximum atomic E-state index is 13.9. The van der Waals surface area contributed by atoms with Gasteiger partial charge in [-0.3, -0.25) is 14.4 Å². The lowest BCUT2D eigenvalue weighted by atomic mass is 9.83. The van der Waals surface area contributed by atoms with Gasteiger partial charge in [0.2, 0.25) is 5.91 Å². The van der Waals surface area contributed by atoms with Crippen LogP contribution in [0.25, 0.3) is 0 Å². The molecule has 4 aliphatic rings. The third kappa shape index (κ3) is 6.35. The highest BCUT2D eigenvalue weighted by Crippen LogP contribution is 2.54. The molecule has 5 atom stereocenters. The SMILES string of the molecule is COc1ccc(C(=O)N2CCO[C@@H](CO)C2)cc1C(=O)N[C@H]1[C@@H](C(=O)Nc2ccc(F)c(C(F)(F)F)c2)[C@H]2CC[C@@H]1/C2=C\C1CC1. The zero-order valence-electron chi connectivity index (χ0n) is 25.1. The summed E-state index contributed by atoms with van der Waals surface area (Å²) in [7, 11) is 1.39.